The molecule has 0 radical (unpaired) electrons. The topological polar surface area (TPSA) is 69.7 Å². The first kappa shape index (κ1) is 22.8. The van der Waals surface area contributed by atoms with E-state index in [1.165, 1.54) is 0 Å². The quantitative estimate of drug-likeness (QED) is 0.763. The summed E-state index contributed by atoms with van der Waals surface area (Å²) in [5.41, 5.74) is 1.53. The van der Waals surface area contributed by atoms with E-state index in [4.69, 9.17) is 0 Å². The Morgan fingerprint density at radius 1 is 0.844 bits per heavy atom. The van der Waals surface area contributed by atoms with Crippen LogP contribution in [0, 0.1) is 18.8 Å². The lowest BCUT2D eigenvalue weighted by Crippen LogP contribution is -2.55. The van der Waals surface area contributed by atoms with Gasteiger partial charge in [0.25, 0.3) is 5.91 Å². The Balaban J connectivity index is 1.45. The minimum absolute atomic E-state index is 0.0483. The van der Waals surface area contributed by atoms with Crippen molar-refractivity contribution in [2.24, 2.45) is 11.8 Å². The molecule has 0 aromatic heterocycles. The van der Waals surface area contributed by atoms with Crippen LogP contribution >= 0.6 is 0 Å². The van der Waals surface area contributed by atoms with E-state index < -0.39 is 6.04 Å². The van der Waals surface area contributed by atoms with E-state index in [-0.39, 0.29) is 23.7 Å². The summed E-state index contributed by atoms with van der Waals surface area (Å²) in [5.74, 6) is 0.419. The van der Waals surface area contributed by atoms with E-state index >= 15 is 0 Å². The molecule has 1 N–H and O–H groups in total. The van der Waals surface area contributed by atoms with Gasteiger partial charge >= 0.3 is 0 Å². The molecular weight excluding hydrogens is 402 g/mol. The lowest BCUT2D eigenvalue weighted by atomic mass is 9.87. The third-order valence-corrected chi connectivity index (χ3v) is 7.64. The van der Waals surface area contributed by atoms with Gasteiger partial charge < -0.3 is 15.1 Å². The molecule has 3 amide bonds. The van der Waals surface area contributed by atoms with E-state index in [2.05, 4.69) is 5.32 Å². The van der Waals surface area contributed by atoms with E-state index in [0.717, 1.165) is 76.4 Å². The van der Waals surface area contributed by atoms with Gasteiger partial charge in [-0.15, -0.1) is 0 Å². The molecule has 6 nitrogen and oxygen atoms in total. The van der Waals surface area contributed by atoms with Crippen molar-refractivity contribution >= 4 is 17.7 Å². The second-order valence-corrected chi connectivity index (χ2v) is 9.80. The normalized spacial score (nSPS) is 21.4. The van der Waals surface area contributed by atoms with E-state index in [9.17, 15) is 14.4 Å². The molecule has 32 heavy (non-hydrogen) atoms. The van der Waals surface area contributed by atoms with Gasteiger partial charge in [-0.05, 0) is 69.4 Å². The highest BCUT2D eigenvalue weighted by Crippen LogP contribution is 2.30. The largest absolute Gasteiger partial charge is 0.342 e. The van der Waals surface area contributed by atoms with Crippen molar-refractivity contribution in [2.75, 3.05) is 26.2 Å². The summed E-state index contributed by atoms with van der Waals surface area (Å²) < 4.78 is 0. The fraction of sp³-hybridized carbons (Fsp3) is 0.654. The number of likely N-dealkylation sites (tertiary alicyclic amines) is 2. The first-order valence-corrected chi connectivity index (χ1v) is 12.5. The van der Waals surface area contributed by atoms with Crippen LogP contribution in [-0.4, -0.2) is 59.7 Å². The molecular formula is C26H37N3O3. The molecule has 1 unspecified atom stereocenters. The summed E-state index contributed by atoms with van der Waals surface area (Å²) in [6.07, 6.45) is 9.08. The van der Waals surface area contributed by atoms with Gasteiger partial charge in [-0.3, -0.25) is 14.4 Å². The number of rotatable bonds is 5. The highest BCUT2D eigenvalue weighted by Gasteiger charge is 2.37. The molecule has 0 spiro atoms. The number of hydrogen-bond acceptors (Lipinski definition) is 3. The van der Waals surface area contributed by atoms with Crippen LogP contribution in [0.25, 0.3) is 0 Å². The summed E-state index contributed by atoms with van der Waals surface area (Å²) in [6.45, 7) is 4.83. The Morgan fingerprint density at radius 2 is 1.50 bits per heavy atom. The molecule has 174 valence electrons. The average molecular weight is 440 g/mol. The zero-order valence-corrected chi connectivity index (χ0v) is 19.4. The van der Waals surface area contributed by atoms with Crippen molar-refractivity contribution in [2.45, 2.75) is 70.8 Å². The fourth-order valence-electron chi connectivity index (χ4n) is 5.62. The standard InChI is InChI=1S/C26H37N3O3/c1-19-9-3-6-12-22(19)24(30)27-23(26(32)28-15-7-2-8-16-28)20-13-17-29(18-14-20)25(31)21-10-4-5-11-21/h3,6,9,12,20-21,23H,2,4-5,7-8,10-11,13-18H2,1H3,(H,27,30). The van der Waals surface area contributed by atoms with Crippen LogP contribution in [0.15, 0.2) is 24.3 Å². The molecule has 2 aliphatic heterocycles. The van der Waals surface area contributed by atoms with Crippen molar-refractivity contribution in [3.8, 4) is 0 Å². The molecule has 3 aliphatic rings. The third-order valence-electron chi connectivity index (χ3n) is 7.64. The number of aryl methyl sites for hydroxylation is 1. The van der Waals surface area contributed by atoms with Crippen molar-refractivity contribution < 1.29 is 14.4 Å². The third kappa shape index (κ3) is 5.16. The van der Waals surface area contributed by atoms with Gasteiger partial charge in [0, 0.05) is 37.7 Å². The number of amides is 3. The van der Waals surface area contributed by atoms with Gasteiger partial charge in [-0.2, -0.15) is 0 Å². The molecule has 1 aliphatic carbocycles. The van der Waals surface area contributed by atoms with Crippen LogP contribution in [0.1, 0.15) is 73.7 Å². The highest BCUT2D eigenvalue weighted by atomic mass is 16.2. The second-order valence-electron chi connectivity index (χ2n) is 9.80. The molecule has 0 bridgehead atoms. The SMILES string of the molecule is Cc1ccccc1C(=O)NC(C(=O)N1CCCCC1)C1CCN(C(=O)C2CCCC2)CC1. The van der Waals surface area contributed by atoms with Crippen molar-refractivity contribution in [3.05, 3.63) is 35.4 Å². The zero-order chi connectivity index (χ0) is 22.5. The summed E-state index contributed by atoms with van der Waals surface area (Å²) in [4.78, 5) is 43.4. The van der Waals surface area contributed by atoms with Crippen molar-refractivity contribution in [1.82, 2.24) is 15.1 Å². The summed E-state index contributed by atoms with van der Waals surface area (Å²) >= 11 is 0. The van der Waals surface area contributed by atoms with Crippen molar-refractivity contribution in [3.63, 3.8) is 0 Å². The summed E-state index contributed by atoms with van der Waals surface area (Å²) in [5, 5.41) is 3.11. The number of carbonyl (C=O) groups excluding carboxylic acids is 3. The maximum atomic E-state index is 13.5. The number of carbonyl (C=O) groups is 3. The first-order chi connectivity index (χ1) is 15.5. The van der Waals surface area contributed by atoms with Crippen molar-refractivity contribution in [1.29, 1.82) is 0 Å². The van der Waals surface area contributed by atoms with E-state index in [0.29, 0.717) is 24.6 Å². The predicted molar refractivity (Wildman–Crippen MR) is 124 cm³/mol. The van der Waals surface area contributed by atoms with E-state index in [1.807, 2.05) is 41.0 Å². The average Bonchev–Trinajstić information content (AvgIpc) is 3.37. The molecule has 1 aromatic carbocycles. The molecule has 1 saturated carbocycles. The first-order valence-electron chi connectivity index (χ1n) is 12.5. The van der Waals surface area contributed by atoms with Crippen LogP contribution in [0.3, 0.4) is 0 Å². The number of hydrogen-bond donors (Lipinski definition) is 1. The maximum absolute atomic E-state index is 13.5. The van der Waals surface area contributed by atoms with Crippen LogP contribution in [0.4, 0.5) is 0 Å². The van der Waals surface area contributed by atoms with Gasteiger partial charge in [0.05, 0.1) is 0 Å². The van der Waals surface area contributed by atoms with Gasteiger partial charge in [-0.25, -0.2) is 0 Å². The fourth-order valence-corrected chi connectivity index (χ4v) is 5.62. The van der Waals surface area contributed by atoms with Crippen LogP contribution in [0.5, 0.6) is 0 Å². The zero-order valence-electron chi connectivity index (χ0n) is 19.4. The molecule has 2 heterocycles. The lowest BCUT2D eigenvalue weighted by Gasteiger charge is -2.39. The number of nitrogens with one attached hydrogen (secondary N) is 1. The Morgan fingerprint density at radius 3 is 2.16 bits per heavy atom. The number of nitrogens with zero attached hydrogens (tertiary/aromatic N) is 2. The smallest absolute Gasteiger partial charge is 0.252 e. The maximum Gasteiger partial charge on any atom is 0.252 e. The number of piperidine rings is 2. The second kappa shape index (κ2) is 10.5. The Bertz CT molecular complexity index is 819. The molecule has 2 saturated heterocycles. The van der Waals surface area contributed by atoms with E-state index in [1.54, 1.807) is 0 Å². The predicted octanol–water partition coefficient (Wildman–Crippen LogP) is 3.53. The Kier molecular flexibility index (Phi) is 7.48. The minimum atomic E-state index is -0.524. The number of benzene rings is 1. The molecule has 6 heteroatoms. The van der Waals surface area contributed by atoms with Crippen LogP contribution in [0.2, 0.25) is 0 Å². The molecule has 1 aromatic rings. The summed E-state index contributed by atoms with van der Waals surface area (Å²) in [6, 6.07) is 6.99. The highest BCUT2D eigenvalue weighted by molar-refractivity contribution is 5.98. The molecule has 1 atom stereocenters. The van der Waals surface area contributed by atoms with Gasteiger partial charge in [-0.1, -0.05) is 31.0 Å². The Labute approximate surface area is 191 Å². The van der Waals surface area contributed by atoms with Crippen LogP contribution in [-0.2, 0) is 9.59 Å². The molecule has 4 rings (SSSR count). The minimum Gasteiger partial charge on any atom is -0.342 e. The Hall–Kier alpha value is -2.37. The molecule has 3 fully saturated rings. The van der Waals surface area contributed by atoms with Gasteiger partial charge in [0.2, 0.25) is 11.8 Å². The van der Waals surface area contributed by atoms with Gasteiger partial charge in [0.1, 0.15) is 6.04 Å². The summed E-state index contributed by atoms with van der Waals surface area (Å²) in [7, 11) is 0. The lowest BCUT2D eigenvalue weighted by molar-refractivity contribution is -0.138. The monoisotopic (exact) mass is 439 g/mol. The van der Waals surface area contributed by atoms with Crippen LogP contribution < -0.4 is 5.32 Å². The van der Waals surface area contributed by atoms with Gasteiger partial charge in [0.15, 0.2) is 0 Å².